The van der Waals surface area contributed by atoms with Gasteiger partial charge in [-0.3, -0.25) is 4.68 Å². The number of rotatable bonds is 3. The van der Waals surface area contributed by atoms with Crippen molar-refractivity contribution in [1.82, 2.24) is 14.8 Å². The maximum Gasteiger partial charge on any atom is 0.187 e. The number of hydrogen-bond acceptors (Lipinski definition) is 5. The van der Waals surface area contributed by atoms with Crippen molar-refractivity contribution in [2.24, 2.45) is 7.05 Å². The van der Waals surface area contributed by atoms with Gasteiger partial charge in [0.2, 0.25) is 0 Å². The van der Waals surface area contributed by atoms with Crippen LogP contribution in [-0.4, -0.2) is 23.2 Å². The second-order valence-corrected chi connectivity index (χ2v) is 5.70. The topological polar surface area (TPSA) is 90.9 Å². The lowest BCUT2D eigenvalue weighted by Crippen LogP contribution is -2.11. The Bertz CT molecular complexity index is 681. The summed E-state index contributed by atoms with van der Waals surface area (Å²) in [5.74, 6) is -0.622. The Balaban J connectivity index is 2.40. The van der Waals surface area contributed by atoms with E-state index in [4.69, 9.17) is 5.73 Å². The average molecular weight is 270 g/mol. The summed E-state index contributed by atoms with van der Waals surface area (Å²) in [5, 5.41) is 3.78. The minimum absolute atomic E-state index is 0.105. The first-order valence-corrected chi connectivity index (χ1v) is 6.66. The number of nitrogens with two attached hydrogens (primary N) is 1. The first kappa shape index (κ1) is 12.5. The highest BCUT2D eigenvalue weighted by Gasteiger charge is 2.21. The van der Waals surface area contributed by atoms with E-state index in [1.54, 1.807) is 7.05 Å². The van der Waals surface area contributed by atoms with E-state index in [9.17, 15) is 12.8 Å². The minimum Gasteiger partial charge on any atom is -0.398 e. The predicted octanol–water partition coefficient (Wildman–Crippen LogP) is 0.510. The van der Waals surface area contributed by atoms with Gasteiger partial charge in [0, 0.05) is 7.05 Å². The number of halogens is 1. The number of hydrogen-bond donors (Lipinski definition) is 1. The van der Waals surface area contributed by atoms with E-state index in [0.717, 1.165) is 18.2 Å². The van der Waals surface area contributed by atoms with Gasteiger partial charge in [-0.25, -0.2) is 17.8 Å². The molecule has 0 saturated carbocycles. The Hall–Kier alpha value is -1.96. The Morgan fingerprint density at radius 2 is 2.17 bits per heavy atom. The number of benzene rings is 1. The number of aryl methyl sites for hydroxylation is 1. The molecule has 1 aromatic carbocycles. The van der Waals surface area contributed by atoms with Crippen molar-refractivity contribution in [3.05, 3.63) is 36.2 Å². The molecule has 0 radical (unpaired) electrons. The number of nitrogens with zero attached hydrogens (tertiary/aromatic N) is 3. The standard InChI is InChI=1S/C10H11FN4O2S/c1-15-10(13-6-14-15)5-18(16,17)9-3-2-7(11)4-8(9)12/h2-4,6H,5,12H2,1H3. The van der Waals surface area contributed by atoms with Crippen molar-refractivity contribution in [3.8, 4) is 0 Å². The Labute approximate surface area is 103 Å². The lowest BCUT2D eigenvalue weighted by atomic mass is 10.3. The molecule has 18 heavy (non-hydrogen) atoms. The van der Waals surface area contributed by atoms with Crippen molar-refractivity contribution in [3.63, 3.8) is 0 Å². The second kappa shape index (κ2) is 4.37. The van der Waals surface area contributed by atoms with Crippen LogP contribution in [-0.2, 0) is 22.6 Å². The van der Waals surface area contributed by atoms with Crippen molar-refractivity contribution >= 4 is 15.5 Å². The zero-order valence-corrected chi connectivity index (χ0v) is 10.4. The average Bonchev–Trinajstić information content (AvgIpc) is 2.63. The molecule has 96 valence electrons. The molecule has 0 aliphatic heterocycles. The largest absolute Gasteiger partial charge is 0.398 e. The van der Waals surface area contributed by atoms with Crippen molar-refractivity contribution < 1.29 is 12.8 Å². The fraction of sp³-hybridized carbons (Fsp3) is 0.200. The van der Waals surface area contributed by atoms with Gasteiger partial charge < -0.3 is 5.73 Å². The van der Waals surface area contributed by atoms with Crippen LogP contribution >= 0.6 is 0 Å². The molecule has 1 heterocycles. The highest BCUT2D eigenvalue weighted by atomic mass is 32.2. The fourth-order valence-electron chi connectivity index (χ4n) is 1.50. The molecule has 2 aromatic rings. The lowest BCUT2D eigenvalue weighted by molar-refractivity contribution is 0.590. The van der Waals surface area contributed by atoms with Crippen LogP contribution in [0.1, 0.15) is 5.82 Å². The second-order valence-electron chi connectivity index (χ2n) is 3.74. The molecule has 2 rings (SSSR count). The van der Waals surface area contributed by atoms with E-state index in [-0.39, 0.29) is 16.3 Å². The van der Waals surface area contributed by atoms with Gasteiger partial charge in [0.1, 0.15) is 23.7 Å². The minimum atomic E-state index is -3.67. The Morgan fingerprint density at radius 3 is 2.72 bits per heavy atom. The molecule has 0 atom stereocenters. The number of aromatic nitrogens is 3. The normalized spacial score (nSPS) is 11.7. The Morgan fingerprint density at radius 1 is 1.44 bits per heavy atom. The highest BCUT2D eigenvalue weighted by Crippen LogP contribution is 2.22. The van der Waals surface area contributed by atoms with E-state index in [1.165, 1.54) is 11.0 Å². The SMILES string of the molecule is Cn1ncnc1CS(=O)(=O)c1ccc(F)cc1N. The molecule has 6 nitrogen and oxygen atoms in total. The molecule has 0 amide bonds. The molecule has 0 aliphatic carbocycles. The van der Waals surface area contributed by atoms with Crippen LogP contribution in [0.15, 0.2) is 29.4 Å². The summed E-state index contributed by atoms with van der Waals surface area (Å²) in [5.41, 5.74) is 5.40. The summed E-state index contributed by atoms with van der Waals surface area (Å²) in [6.07, 6.45) is 1.26. The summed E-state index contributed by atoms with van der Waals surface area (Å²) in [7, 11) is -2.08. The van der Waals surface area contributed by atoms with Gasteiger partial charge in [-0.1, -0.05) is 0 Å². The van der Waals surface area contributed by atoms with Crippen LogP contribution in [0.2, 0.25) is 0 Å². The molecule has 0 saturated heterocycles. The Kier molecular flexibility index (Phi) is 3.04. The maximum atomic E-state index is 12.9. The summed E-state index contributed by atoms with van der Waals surface area (Å²) >= 11 is 0. The third kappa shape index (κ3) is 2.33. The van der Waals surface area contributed by atoms with E-state index in [0.29, 0.717) is 5.82 Å². The first-order valence-electron chi connectivity index (χ1n) is 5.01. The van der Waals surface area contributed by atoms with Gasteiger partial charge in [-0.05, 0) is 18.2 Å². The molecule has 8 heteroatoms. The zero-order chi connectivity index (χ0) is 13.3. The van der Waals surface area contributed by atoms with Crippen molar-refractivity contribution in [2.75, 3.05) is 5.73 Å². The van der Waals surface area contributed by atoms with Gasteiger partial charge in [0.15, 0.2) is 9.84 Å². The van der Waals surface area contributed by atoms with Crippen LogP contribution < -0.4 is 5.73 Å². The lowest BCUT2D eigenvalue weighted by Gasteiger charge is -2.07. The number of nitrogen functional groups attached to an aromatic ring is 1. The van der Waals surface area contributed by atoms with E-state index in [2.05, 4.69) is 10.1 Å². The third-order valence-electron chi connectivity index (χ3n) is 2.43. The predicted molar refractivity (Wildman–Crippen MR) is 62.7 cm³/mol. The molecule has 2 N–H and O–H groups in total. The fourth-order valence-corrected chi connectivity index (χ4v) is 2.95. The third-order valence-corrected chi connectivity index (χ3v) is 4.11. The summed E-state index contributed by atoms with van der Waals surface area (Å²) in [6.45, 7) is 0. The molecule has 0 bridgehead atoms. The monoisotopic (exact) mass is 270 g/mol. The molecule has 0 spiro atoms. The summed E-state index contributed by atoms with van der Waals surface area (Å²) in [4.78, 5) is 3.73. The van der Waals surface area contributed by atoms with Crippen LogP contribution in [0.4, 0.5) is 10.1 Å². The van der Waals surface area contributed by atoms with Crippen LogP contribution in [0.25, 0.3) is 0 Å². The molecule has 0 aliphatic rings. The summed E-state index contributed by atoms with van der Waals surface area (Å²) in [6, 6.07) is 3.18. The van der Waals surface area contributed by atoms with Crippen molar-refractivity contribution in [1.29, 1.82) is 0 Å². The molecular weight excluding hydrogens is 259 g/mol. The highest BCUT2D eigenvalue weighted by molar-refractivity contribution is 7.90. The maximum absolute atomic E-state index is 12.9. The van der Waals surface area contributed by atoms with Gasteiger partial charge in [0.25, 0.3) is 0 Å². The number of anilines is 1. The number of sulfone groups is 1. The quantitative estimate of drug-likeness (QED) is 0.648. The van der Waals surface area contributed by atoms with Gasteiger partial charge >= 0.3 is 0 Å². The van der Waals surface area contributed by atoms with Gasteiger partial charge in [-0.2, -0.15) is 5.10 Å². The molecular formula is C10H11FN4O2S. The van der Waals surface area contributed by atoms with E-state index >= 15 is 0 Å². The van der Waals surface area contributed by atoms with Crippen LogP contribution in [0, 0.1) is 5.82 Å². The van der Waals surface area contributed by atoms with E-state index < -0.39 is 15.7 Å². The first-order chi connectivity index (χ1) is 8.40. The van der Waals surface area contributed by atoms with Crippen LogP contribution in [0.3, 0.4) is 0 Å². The zero-order valence-electron chi connectivity index (χ0n) is 9.54. The van der Waals surface area contributed by atoms with Crippen LogP contribution in [0.5, 0.6) is 0 Å². The molecule has 0 unspecified atom stereocenters. The van der Waals surface area contributed by atoms with Crippen molar-refractivity contribution in [2.45, 2.75) is 10.6 Å². The molecule has 1 aromatic heterocycles. The molecule has 0 fully saturated rings. The van der Waals surface area contributed by atoms with Gasteiger partial charge in [-0.15, -0.1) is 0 Å². The summed E-state index contributed by atoms with van der Waals surface area (Å²) < 4.78 is 38.4. The van der Waals surface area contributed by atoms with E-state index in [1.807, 2.05) is 0 Å². The van der Waals surface area contributed by atoms with Gasteiger partial charge in [0.05, 0.1) is 10.6 Å². The smallest absolute Gasteiger partial charge is 0.187 e.